The van der Waals surface area contributed by atoms with E-state index >= 15 is 0 Å². The van der Waals surface area contributed by atoms with Crippen LogP contribution in [0.2, 0.25) is 0 Å². The number of nitrogens with zero attached hydrogens (tertiary/aromatic N) is 5. The van der Waals surface area contributed by atoms with Gasteiger partial charge in [-0.05, 0) is 43.3 Å². The maximum atomic E-state index is 13.1. The third-order valence-electron chi connectivity index (χ3n) is 5.97. The standard InChI is InChI=1S/C20H26FN5O3S/c1-23-10-7-19-20(23)18(22-27)15-26(30(19,28)29)9-2-8-24-11-13-25(14-12-24)17-5-3-16(21)4-6-17/h3-7,10,18H,2,8-9,11-15H2,1H3. The maximum Gasteiger partial charge on any atom is 0.245 e. The molecule has 3 heterocycles. The Hall–Kier alpha value is -2.30. The number of sulfonamides is 1. The van der Waals surface area contributed by atoms with E-state index in [-0.39, 0.29) is 17.3 Å². The van der Waals surface area contributed by atoms with Crippen molar-refractivity contribution >= 4 is 15.7 Å². The van der Waals surface area contributed by atoms with Crippen molar-refractivity contribution in [2.24, 2.45) is 12.2 Å². The molecule has 1 aromatic heterocycles. The Bertz CT molecular complexity index is 1000. The van der Waals surface area contributed by atoms with Crippen LogP contribution in [-0.4, -0.2) is 68.0 Å². The van der Waals surface area contributed by atoms with E-state index in [0.29, 0.717) is 18.7 Å². The van der Waals surface area contributed by atoms with Gasteiger partial charge in [-0.3, -0.25) is 4.90 Å². The Balaban J connectivity index is 1.31. The molecule has 1 unspecified atom stereocenters. The van der Waals surface area contributed by atoms with Crippen molar-refractivity contribution in [3.8, 4) is 0 Å². The molecule has 0 N–H and O–H groups in total. The smallest absolute Gasteiger partial charge is 0.245 e. The van der Waals surface area contributed by atoms with E-state index in [4.69, 9.17) is 0 Å². The van der Waals surface area contributed by atoms with Gasteiger partial charge < -0.3 is 9.47 Å². The molecule has 0 bridgehead atoms. The molecule has 1 atom stereocenters. The van der Waals surface area contributed by atoms with Gasteiger partial charge in [-0.1, -0.05) is 5.18 Å². The van der Waals surface area contributed by atoms with E-state index in [1.54, 1.807) is 36.0 Å². The Morgan fingerprint density at radius 2 is 1.77 bits per heavy atom. The fourth-order valence-corrected chi connectivity index (χ4v) is 6.06. The average Bonchev–Trinajstić information content (AvgIpc) is 3.14. The van der Waals surface area contributed by atoms with Crippen molar-refractivity contribution in [2.75, 3.05) is 50.7 Å². The van der Waals surface area contributed by atoms with E-state index < -0.39 is 16.1 Å². The lowest BCUT2D eigenvalue weighted by molar-refractivity contribution is 0.243. The van der Waals surface area contributed by atoms with Gasteiger partial charge in [0.2, 0.25) is 10.0 Å². The summed E-state index contributed by atoms with van der Waals surface area (Å²) in [7, 11) is -1.87. The number of hydrogen-bond acceptors (Lipinski definition) is 6. The van der Waals surface area contributed by atoms with Crippen molar-refractivity contribution < 1.29 is 12.8 Å². The molecular formula is C20H26FN5O3S. The number of benzene rings is 1. The zero-order valence-corrected chi connectivity index (χ0v) is 17.8. The van der Waals surface area contributed by atoms with Crippen molar-refractivity contribution in [2.45, 2.75) is 17.4 Å². The quantitative estimate of drug-likeness (QED) is 0.650. The molecule has 162 valence electrons. The molecule has 8 nitrogen and oxygen atoms in total. The molecule has 0 saturated carbocycles. The number of rotatable bonds is 6. The average molecular weight is 436 g/mol. The first-order valence-electron chi connectivity index (χ1n) is 10.1. The maximum absolute atomic E-state index is 13.1. The van der Waals surface area contributed by atoms with Crippen LogP contribution in [0.1, 0.15) is 18.2 Å². The van der Waals surface area contributed by atoms with Gasteiger partial charge in [-0.2, -0.15) is 9.21 Å². The van der Waals surface area contributed by atoms with Crippen LogP contribution >= 0.6 is 0 Å². The number of fused-ring (bicyclic) bond motifs is 1. The molecular weight excluding hydrogens is 409 g/mol. The number of hydrogen-bond donors (Lipinski definition) is 0. The van der Waals surface area contributed by atoms with Crippen LogP contribution < -0.4 is 4.90 Å². The molecule has 0 amide bonds. The predicted molar refractivity (Wildman–Crippen MR) is 112 cm³/mol. The van der Waals surface area contributed by atoms with Crippen molar-refractivity contribution in [3.05, 3.63) is 52.9 Å². The molecule has 2 aliphatic heterocycles. The highest BCUT2D eigenvalue weighted by Crippen LogP contribution is 2.34. The summed E-state index contributed by atoms with van der Waals surface area (Å²) in [5.74, 6) is -0.236. The molecule has 4 rings (SSSR count). The largest absolute Gasteiger partial charge is 0.369 e. The zero-order chi connectivity index (χ0) is 21.3. The van der Waals surface area contributed by atoms with Gasteiger partial charge in [0.25, 0.3) is 0 Å². The van der Waals surface area contributed by atoms with Crippen molar-refractivity contribution in [3.63, 3.8) is 0 Å². The summed E-state index contributed by atoms with van der Waals surface area (Å²) in [5.41, 5.74) is 1.49. The summed E-state index contributed by atoms with van der Waals surface area (Å²) < 4.78 is 42.0. The highest BCUT2D eigenvalue weighted by Gasteiger charge is 2.39. The Kier molecular flexibility index (Phi) is 5.90. The fraction of sp³-hybridized carbons (Fsp3) is 0.500. The summed E-state index contributed by atoms with van der Waals surface area (Å²) >= 11 is 0. The normalized spacial score (nSPS) is 22.1. The number of aryl methyl sites for hydroxylation is 1. The van der Waals surface area contributed by atoms with Crippen LogP contribution in [0.5, 0.6) is 0 Å². The van der Waals surface area contributed by atoms with Crippen LogP contribution in [0, 0.1) is 10.7 Å². The molecule has 0 aliphatic carbocycles. The van der Waals surface area contributed by atoms with Crippen molar-refractivity contribution in [1.29, 1.82) is 0 Å². The SMILES string of the molecule is Cn1ccc2c1C(N=O)CN(CCCN1CCN(c3ccc(F)cc3)CC1)S2(=O)=O. The molecule has 1 fully saturated rings. The molecule has 30 heavy (non-hydrogen) atoms. The second-order valence-corrected chi connectivity index (χ2v) is 9.73. The molecule has 0 radical (unpaired) electrons. The third kappa shape index (κ3) is 3.99. The first-order chi connectivity index (χ1) is 14.4. The van der Waals surface area contributed by atoms with E-state index in [9.17, 15) is 17.7 Å². The van der Waals surface area contributed by atoms with Gasteiger partial charge in [0.15, 0.2) is 0 Å². The first kappa shape index (κ1) is 21.0. The minimum atomic E-state index is -3.60. The molecule has 1 aromatic carbocycles. The van der Waals surface area contributed by atoms with Gasteiger partial charge in [-0.15, -0.1) is 0 Å². The third-order valence-corrected chi connectivity index (χ3v) is 7.88. The van der Waals surface area contributed by atoms with Crippen molar-refractivity contribution in [1.82, 2.24) is 13.8 Å². The number of aromatic nitrogens is 1. The lowest BCUT2D eigenvalue weighted by atomic mass is 10.2. The van der Waals surface area contributed by atoms with Gasteiger partial charge in [0.05, 0.1) is 5.69 Å². The molecule has 2 aromatic rings. The lowest BCUT2D eigenvalue weighted by Gasteiger charge is -2.36. The molecule has 10 heteroatoms. The van der Waals surface area contributed by atoms with Gasteiger partial charge in [0, 0.05) is 58.2 Å². The van der Waals surface area contributed by atoms with Crippen LogP contribution in [0.3, 0.4) is 0 Å². The van der Waals surface area contributed by atoms with Crippen LogP contribution in [0.15, 0.2) is 46.6 Å². The summed E-state index contributed by atoms with van der Waals surface area (Å²) in [6, 6.07) is 7.40. The second kappa shape index (κ2) is 8.44. The number of nitroso groups, excluding NO2 is 1. The van der Waals surface area contributed by atoms with Crippen LogP contribution in [0.4, 0.5) is 10.1 Å². The second-order valence-electron chi connectivity index (χ2n) is 7.82. The first-order valence-corrected chi connectivity index (χ1v) is 11.5. The van der Waals surface area contributed by atoms with E-state index in [1.807, 2.05) is 0 Å². The van der Waals surface area contributed by atoms with Crippen LogP contribution in [0.25, 0.3) is 0 Å². The molecule has 2 aliphatic rings. The predicted octanol–water partition coefficient (Wildman–Crippen LogP) is 2.19. The summed E-state index contributed by atoms with van der Waals surface area (Å²) in [6.45, 7) is 4.66. The van der Waals surface area contributed by atoms with Gasteiger partial charge in [0.1, 0.15) is 16.8 Å². The monoisotopic (exact) mass is 435 g/mol. The Morgan fingerprint density at radius 1 is 1.07 bits per heavy atom. The minimum absolute atomic E-state index is 0.0923. The fourth-order valence-electron chi connectivity index (χ4n) is 4.30. The molecule has 1 saturated heterocycles. The van der Waals surface area contributed by atoms with E-state index in [0.717, 1.165) is 38.4 Å². The highest BCUT2D eigenvalue weighted by molar-refractivity contribution is 7.89. The van der Waals surface area contributed by atoms with Crippen LogP contribution in [-0.2, 0) is 17.1 Å². The Labute approximate surface area is 175 Å². The Morgan fingerprint density at radius 3 is 2.43 bits per heavy atom. The number of piperazine rings is 1. The van der Waals surface area contributed by atoms with E-state index in [1.165, 1.54) is 16.4 Å². The summed E-state index contributed by atoms with van der Waals surface area (Å²) in [5, 5.41) is 3.16. The number of anilines is 1. The lowest BCUT2D eigenvalue weighted by Crippen LogP contribution is -2.47. The highest BCUT2D eigenvalue weighted by atomic mass is 32.2. The summed E-state index contributed by atoms with van der Waals surface area (Å²) in [4.78, 5) is 16.0. The van der Waals surface area contributed by atoms with E-state index in [2.05, 4.69) is 15.0 Å². The minimum Gasteiger partial charge on any atom is -0.369 e. The van der Waals surface area contributed by atoms with Gasteiger partial charge in [-0.25, -0.2) is 12.8 Å². The zero-order valence-electron chi connectivity index (χ0n) is 16.9. The summed E-state index contributed by atoms with van der Waals surface area (Å²) in [6.07, 6.45) is 2.34. The van der Waals surface area contributed by atoms with Gasteiger partial charge >= 0.3 is 0 Å². The molecule has 0 spiro atoms. The topological polar surface area (TPSA) is 78.2 Å². The number of halogens is 1.